The minimum atomic E-state index is 1.21. The van der Waals surface area contributed by atoms with Gasteiger partial charge >= 0.3 is 0 Å². The van der Waals surface area contributed by atoms with Crippen LogP contribution >= 0.6 is 0 Å². The molecular formula is C52H34. The highest BCUT2D eigenvalue weighted by Crippen LogP contribution is 2.46. The van der Waals surface area contributed by atoms with Gasteiger partial charge in [0.15, 0.2) is 0 Å². The average Bonchev–Trinajstić information content (AvgIpc) is 3.22. The molecule has 0 radical (unpaired) electrons. The average molecular weight is 659 g/mol. The summed E-state index contributed by atoms with van der Waals surface area (Å²) in [4.78, 5) is 0. The van der Waals surface area contributed by atoms with Crippen LogP contribution in [0.3, 0.4) is 0 Å². The second-order valence-electron chi connectivity index (χ2n) is 13.6. The molecule has 0 heteroatoms. The molecule has 0 unspecified atom stereocenters. The van der Waals surface area contributed by atoms with E-state index in [0.29, 0.717) is 0 Å². The molecule has 0 N–H and O–H groups in total. The van der Waals surface area contributed by atoms with Crippen molar-refractivity contribution in [1.29, 1.82) is 0 Å². The van der Waals surface area contributed by atoms with Gasteiger partial charge in [-0.2, -0.15) is 0 Å². The third-order valence-electron chi connectivity index (χ3n) is 10.6. The first-order chi connectivity index (χ1) is 25.8. The molecule has 0 aromatic heterocycles. The maximum absolute atomic E-state index is 2.44. The van der Waals surface area contributed by atoms with Gasteiger partial charge in [0.1, 0.15) is 0 Å². The molecule has 0 amide bonds. The maximum atomic E-state index is 2.44. The number of fused-ring (bicyclic) bond motifs is 4. The van der Waals surface area contributed by atoms with Gasteiger partial charge in [-0.15, -0.1) is 0 Å². The predicted octanol–water partition coefficient (Wildman–Crippen LogP) is 14.6. The molecule has 0 saturated heterocycles. The van der Waals surface area contributed by atoms with E-state index in [2.05, 4.69) is 206 Å². The van der Waals surface area contributed by atoms with Crippen molar-refractivity contribution in [3.8, 4) is 55.6 Å². The fourth-order valence-corrected chi connectivity index (χ4v) is 8.22. The van der Waals surface area contributed by atoms with E-state index in [4.69, 9.17) is 0 Å². The van der Waals surface area contributed by atoms with Gasteiger partial charge in [-0.25, -0.2) is 0 Å². The summed E-state index contributed by atoms with van der Waals surface area (Å²) in [5, 5.41) is 10.0. The normalized spacial score (nSPS) is 11.5. The molecule has 0 saturated carbocycles. The topological polar surface area (TPSA) is 0 Å². The number of rotatable bonds is 5. The standard InChI is InChI=1S/C52H34/c1-3-15-36(16-4-1)44-31-30-37-27-29-43(34-49(37)51(44)42-21-13-20-40(33-42)41-28-26-35-14-7-8-19-39(35)32-41)52-47-24-11-9-22-45(47)50(38-17-5-2-6-18-38)46-23-10-12-25-48(46)52/h1-34H. The summed E-state index contributed by atoms with van der Waals surface area (Å²) in [5.74, 6) is 0. The molecule has 0 spiro atoms. The van der Waals surface area contributed by atoms with Crippen LogP contribution in [0.1, 0.15) is 0 Å². The fraction of sp³-hybridized carbons (Fsp3) is 0. The lowest BCUT2D eigenvalue weighted by molar-refractivity contribution is 1.59. The van der Waals surface area contributed by atoms with E-state index in [9.17, 15) is 0 Å². The Labute approximate surface area is 303 Å². The van der Waals surface area contributed by atoms with Crippen molar-refractivity contribution in [3.63, 3.8) is 0 Å². The molecule has 0 nitrogen and oxygen atoms in total. The van der Waals surface area contributed by atoms with E-state index in [-0.39, 0.29) is 0 Å². The minimum Gasteiger partial charge on any atom is -0.0622 e. The van der Waals surface area contributed by atoms with Gasteiger partial charge in [-0.05, 0) is 117 Å². The number of hydrogen-bond donors (Lipinski definition) is 0. The van der Waals surface area contributed by atoms with E-state index >= 15 is 0 Å². The molecule has 242 valence electrons. The highest BCUT2D eigenvalue weighted by Gasteiger charge is 2.19. The Morgan fingerprint density at radius 2 is 0.654 bits per heavy atom. The first kappa shape index (κ1) is 30.1. The van der Waals surface area contributed by atoms with E-state index in [1.165, 1.54) is 98.7 Å². The van der Waals surface area contributed by atoms with Crippen molar-refractivity contribution < 1.29 is 0 Å². The van der Waals surface area contributed by atoms with Gasteiger partial charge in [-0.1, -0.05) is 188 Å². The summed E-state index contributed by atoms with van der Waals surface area (Å²) in [6.07, 6.45) is 0. The molecule has 0 aliphatic rings. The number of benzene rings is 10. The van der Waals surface area contributed by atoms with Crippen molar-refractivity contribution in [1.82, 2.24) is 0 Å². The van der Waals surface area contributed by atoms with Crippen LogP contribution in [0.15, 0.2) is 206 Å². The summed E-state index contributed by atoms with van der Waals surface area (Å²) < 4.78 is 0. The van der Waals surface area contributed by atoms with Gasteiger partial charge in [0, 0.05) is 0 Å². The van der Waals surface area contributed by atoms with Gasteiger partial charge in [-0.3, -0.25) is 0 Å². The number of hydrogen-bond acceptors (Lipinski definition) is 0. The molecule has 0 heterocycles. The van der Waals surface area contributed by atoms with Crippen LogP contribution in [0.2, 0.25) is 0 Å². The summed E-state index contributed by atoms with van der Waals surface area (Å²) in [6, 6.07) is 75.6. The molecule has 0 atom stereocenters. The summed E-state index contributed by atoms with van der Waals surface area (Å²) in [6.45, 7) is 0. The van der Waals surface area contributed by atoms with E-state index in [1.807, 2.05) is 0 Å². The second kappa shape index (κ2) is 12.5. The lowest BCUT2D eigenvalue weighted by Crippen LogP contribution is -1.92. The van der Waals surface area contributed by atoms with Crippen LogP contribution in [-0.4, -0.2) is 0 Å². The van der Waals surface area contributed by atoms with E-state index < -0.39 is 0 Å². The molecule has 0 aliphatic carbocycles. The Balaban J connectivity index is 1.25. The third kappa shape index (κ3) is 5.08. The van der Waals surface area contributed by atoms with Gasteiger partial charge < -0.3 is 0 Å². The summed E-state index contributed by atoms with van der Waals surface area (Å²) in [5.41, 5.74) is 12.4. The van der Waals surface area contributed by atoms with Crippen molar-refractivity contribution in [2.24, 2.45) is 0 Å². The van der Waals surface area contributed by atoms with Gasteiger partial charge in [0.05, 0.1) is 0 Å². The lowest BCUT2D eigenvalue weighted by Gasteiger charge is -2.19. The zero-order chi connectivity index (χ0) is 34.4. The van der Waals surface area contributed by atoms with Crippen molar-refractivity contribution >= 4 is 43.1 Å². The Bertz CT molecular complexity index is 2880. The Morgan fingerprint density at radius 1 is 0.192 bits per heavy atom. The molecule has 52 heavy (non-hydrogen) atoms. The molecule has 10 aromatic carbocycles. The molecule has 0 fully saturated rings. The van der Waals surface area contributed by atoms with E-state index in [1.54, 1.807) is 0 Å². The second-order valence-corrected chi connectivity index (χ2v) is 13.6. The Kier molecular flexibility index (Phi) is 7.25. The van der Waals surface area contributed by atoms with Crippen molar-refractivity contribution in [3.05, 3.63) is 206 Å². The Hall–Kier alpha value is -6.76. The maximum Gasteiger partial charge on any atom is -0.00261 e. The SMILES string of the molecule is c1ccc(-c2ccc3ccc(-c4c5ccccc5c(-c5ccccc5)c5ccccc45)cc3c2-c2cccc(-c3ccc4ccccc4c3)c2)cc1. The quantitative estimate of drug-likeness (QED) is 0.161. The van der Waals surface area contributed by atoms with Crippen LogP contribution < -0.4 is 0 Å². The minimum absolute atomic E-state index is 1.21. The fourth-order valence-electron chi connectivity index (χ4n) is 8.22. The van der Waals surface area contributed by atoms with Crippen LogP contribution in [0.4, 0.5) is 0 Å². The van der Waals surface area contributed by atoms with Crippen LogP contribution in [-0.2, 0) is 0 Å². The molecular weight excluding hydrogens is 625 g/mol. The van der Waals surface area contributed by atoms with E-state index in [0.717, 1.165) is 0 Å². The highest BCUT2D eigenvalue weighted by molar-refractivity contribution is 6.22. The zero-order valence-electron chi connectivity index (χ0n) is 28.6. The largest absolute Gasteiger partial charge is 0.0622 e. The first-order valence-corrected chi connectivity index (χ1v) is 18.0. The van der Waals surface area contributed by atoms with Gasteiger partial charge in [0.2, 0.25) is 0 Å². The molecule has 0 aliphatic heterocycles. The monoisotopic (exact) mass is 658 g/mol. The smallest absolute Gasteiger partial charge is 0.00261 e. The summed E-state index contributed by atoms with van der Waals surface area (Å²) >= 11 is 0. The summed E-state index contributed by atoms with van der Waals surface area (Å²) in [7, 11) is 0. The van der Waals surface area contributed by atoms with Crippen molar-refractivity contribution in [2.75, 3.05) is 0 Å². The van der Waals surface area contributed by atoms with Crippen LogP contribution in [0.25, 0.3) is 98.7 Å². The highest BCUT2D eigenvalue weighted by atomic mass is 14.2. The third-order valence-corrected chi connectivity index (χ3v) is 10.6. The predicted molar refractivity (Wildman–Crippen MR) is 224 cm³/mol. The first-order valence-electron chi connectivity index (χ1n) is 18.0. The molecule has 10 rings (SSSR count). The zero-order valence-corrected chi connectivity index (χ0v) is 28.6. The molecule has 0 bridgehead atoms. The Morgan fingerprint density at radius 3 is 1.35 bits per heavy atom. The van der Waals surface area contributed by atoms with Crippen molar-refractivity contribution in [2.45, 2.75) is 0 Å². The van der Waals surface area contributed by atoms with Gasteiger partial charge in [0.25, 0.3) is 0 Å². The lowest BCUT2D eigenvalue weighted by atomic mass is 9.84. The molecule has 10 aromatic rings. The van der Waals surface area contributed by atoms with Crippen LogP contribution in [0, 0.1) is 0 Å². The van der Waals surface area contributed by atoms with Crippen LogP contribution in [0.5, 0.6) is 0 Å².